The van der Waals surface area contributed by atoms with Crippen LogP contribution in [0.4, 0.5) is 0 Å². The molecule has 106 valence electrons. The Morgan fingerprint density at radius 2 is 2.20 bits per heavy atom. The highest BCUT2D eigenvalue weighted by Gasteiger charge is 2.05. The van der Waals surface area contributed by atoms with Crippen LogP contribution in [0.1, 0.15) is 11.1 Å². The molecule has 0 aromatic carbocycles. The van der Waals surface area contributed by atoms with E-state index in [9.17, 15) is 0 Å². The summed E-state index contributed by atoms with van der Waals surface area (Å²) in [6.07, 6.45) is 3.71. The van der Waals surface area contributed by atoms with Crippen LogP contribution in [0.2, 0.25) is 0 Å². The second-order valence-corrected chi connectivity index (χ2v) is 5.41. The lowest BCUT2D eigenvalue weighted by Crippen LogP contribution is -2.18. The van der Waals surface area contributed by atoms with E-state index in [-0.39, 0.29) is 0 Å². The van der Waals surface area contributed by atoms with Gasteiger partial charge in [0.2, 0.25) is 0 Å². The molecule has 1 N–H and O–H groups in total. The van der Waals surface area contributed by atoms with Gasteiger partial charge in [0, 0.05) is 32.6 Å². The fraction of sp³-hybridized carbons (Fsp3) is 0.333. The van der Waals surface area contributed by atoms with Gasteiger partial charge in [-0.3, -0.25) is 0 Å². The summed E-state index contributed by atoms with van der Waals surface area (Å²) < 4.78 is 5.00. The number of hydrogen-bond acceptors (Lipinski definition) is 5. The number of nitrogens with zero attached hydrogens (tertiary/aromatic N) is 2. The van der Waals surface area contributed by atoms with Crippen molar-refractivity contribution in [1.29, 1.82) is 0 Å². The van der Waals surface area contributed by atoms with Crippen molar-refractivity contribution in [3.05, 3.63) is 47.8 Å². The van der Waals surface area contributed by atoms with Crippen molar-refractivity contribution in [2.45, 2.75) is 23.5 Å². The third-order valence-corrected chi connectivity index (χ3v) is 3.81. The highest BCUT2D eigenvalue weighted by atomic mass is 32.2. The minimum absolute atomic E-state index is 0.722. The molecule has 0 spiro atoms. The van der Waals surface area contributed by atoms with Crippen LogP contribution in [0.25, 0.3) is 0 Å². The molecule has 0 radical (unpaired) electrons. The van der Waals surface area contributed by atoms with Crippen LogP contribution in [0.5, 0.6) is 0 Å². The van der Waals surface area contributed by atoms with Gasteiger partial charge in [-0.25, -0.2) is 9.97 Å². The monoisotopic (exact) mass is 289 g/mol. The molecule has 4 nitrogen and oxygen atoms in total. The smallest absolute Gasteiger partial charge is 0.105 e. The summed E-state index contributed by atoms with van der Waals surface area (Å²) in [4.78, 5) is 8.83. The molecule has 0 aliphatic heterocycles. The first-order valence-corrected chi connectivity index (χ1v) is 7.35. The summed E-state index contributed by atoms with van der Waals surface area (Å²) in [6, 6.07) is 8.06. The van der Waals surface area contributed by atoms with E-state index in [1.165, 1.54) is 11.1 Å². The number of aryl methyl sites for hydroxylation is 1. The predicted octanol–water partition coefficient (Wildman–Crippen LogP) is 2.67. The first kappa shape index (κ1) is 15.0. The Hall–Kier alpha value is -1.43. The van der Waals surface area contributed by atoms with Crippen molar-refractivity contribution in [1.82, 2.24) is 15.3 Å². The lowest BCUT2D eigenvalue weighted by molar-refractivity contribution is 0.199. The third-order valence-electron chi connectivity index (χ3n) is 2.74. The number of hydrogen-bond donors (Lipinski definition) is 1. The van der Waals surface area contributed by atoms with Crippen LogP contribution < -0.4 is 5.32 Å². The summed E-state index contributed by atoms with van der Waals surface area (Å²) >= 11 is 1.59. The van der Waals surface area contributed by atoms with Gasteiger partial charge in [-0.05, 0) is 41.9 Å². The SMILES string of the molecule is COCCNCc1cnc(Sc2ccccn2)c(C)c1. The maximum atomic E-state index is 5.00. The zero-order valence-corrected chi connectivity index (χ0v) is 12.6. The van der Waals surface area contributed by atoms with E-state index in [4.69, 9.17) is 4.74 Å². The zero-order valence-electron chi connectivity index (χ0n) is 11.8. The second kappa shape index (κ2) is 7.99. The summed E-state index contributed by atoms with van der Waals surface area (Å²) in [7, 11) is 1.71. The number of rotatable bonds is 7. The van der Waals surface area contributed by atoms with Gasteiger partial charge in [-0.2, -0.15) is 0 Å². The van der Waals surface area contributed by atoms with E-state index in [2.05, 4.69) is 28.3 Å². The minimum Gasteiger partial charge on any atom is -0.383 e. The molecule has 2 heterocycles. The van der Waals surface area contributed by atoms with Crippen molar-refractivity contribution in [3.8, 4) is 0 Å². The Morgan fingerprint density at radius 1 is 1.30 bits per heavy atom. The predicted molar refractivity (Wildman–Crippen MR) is 80.9 cm³/mol. The Bertz CT molecular complexity index is 534. The standard InChI is InChI=1S/C15H19N3OS/c1-12-9-13(10-16-7-8-19-2)11-18-15(12)20-14-5-3-4-6-17-14/h3-6,9,11,16H,7-8,10H2,1-2H3. The summed E-state index contributed by atoms with van der Waals surface area (Å²) in [6.45, 7) is 4.46. The number of methoxy groups -OCH3 is 1. The normalized spacial score (nSPS) is 10.7. The Morgan fingerprint density at radius 3 is 2.90 bits per heavy atom. The molecule has 0 bridgehead atoms. The van der Waals surface area contributed by atoms with Crippen LogP contribution >= 0.6 is 11.8 Å². The fourth-order valence-electron chi connectivity index (χ4n) is 1.74. The molecule has 0 fully saturated rings. The van der Waals surface area contributed by atoms with E-state index < -0.39 is 0 Å². The summed E-state index contributed by atoms with van der Waals surface area (Å²) in [5, 5.41) is 5.29. The van der Waals surface area contributed by atoms with Gasteiger partial charge in [0.05, 0.1) is 6.61 Å². The third kappa shape index (κ3) is 4.59. The topological polar surface area (TPSA) is 47.0 Å². The molecule has 2 aromatic rings. The molecule has 0 amide bonds. The molecule has 2 aromatic heterocycles. The first-order valence-electron chi connectivity index (χ1n) is 6.53. The molecule has 0 atom stereocenters. The second-order valence-electron chi connectivity index (χ2n) is 4.41. The maximum Gasteiger partial charge on any atom is 0.105 e. The maximum absolute atomic E-state index is 5.00. The highest BCUT2D eigenvalue weighted by Crippen LogP contribution is 2.26. The molecule has 0 saturated heterocycles. The molecule has 0 aliphatic carbocycles. The Kier molecular flexibility index (Phi) is 5.98. The van der Waals surface area contributed by atoms with Gasteiger partial charge in [0.15, 0.2) is 0 Å². The number of ether oxygens (including phenoxy) is 1. The molecule has 0 aliphatic rings. The van der Waals surface area contributed by atoms with Crippen LogP contribution in [-0.2, 0) is 11.3 Å². The van der Waals surface area contributed by atoms with Gasteiger partial charge < -0.3 is 10.1 Å². The van der Waals surface area contributed by atoms with Crippen molar-refractivity contribution in [2.24, 2.45) is 0 Å². The number of pyridine rings is 2. The molecule has 20 heavy (non-hydrogen) atoms. The highest BCUT2D eigenvalue weighted by molar-refractivity contribution is 7.99. The molecular formula is C15H19N3OS. The van der Waals surface area contributed by atoms with Gasteiger partial charge in [-0.1, -0.05) is 12.1 Å². The summed E-state index contributed by atoms with van der Waals surface area (Å²) in [5.41, 5.74) is 2.36. The van der Waals surface area contributed by atoms with E-state index in [1.54, 1.807) is 25.1 Å². The Balaban J connectivity index is 1.95. The average Bonchev–Trinajstić information content (AvgIpc) is 2.47. The van der Waals surface area contributed by atoms with Crippen molar-refractivity contribution >= 4 is 11.8 Å². The Labute approximate surface area is 124 Å². The summed E-state index contributed by atoms with van der Waals surface area (Å²) in [5.74, 6) is 0. The molecule has 0 saturated carbocycles. The van der Waals surface area contributed by atoms with Crippen LogP contribution in [0.15, 0.2) is 46.7 Å². The van der Waals surface area contributed by atoms with Crippen molar-refractivity contribution in [3.63, 3.8) is 0 Å². The van der Waals surface area contributed by atoms with Gasteiger partial charge >= 0.3 is 0 Å². The fourth-order valence-corrected chi connectivity index (χ4v) is 2.52. The average molecular weight is 289 g/mol. The largest absolute Gasteiger partial charge is 0.383 e. The lowest BCUT2D eigenvalue weighted by atomic mass is 10.2. The van der Waals surface area contributed by atoms with Crippen LogP contribution in [0, 0.1) is 6.92 Å². The minimum atomic E-state index is 0.722. The van der Waals surface area contributed by atoms with E-state index in [1.807, 2.05) is 24.4 Å². The first-order chi connectivity index (χ1) is 9.79. The lowest BCUT2D eigenvalue weighted by Gasteiger charge is -2.08. The van der Waals surface area contributed by atoms with Crippen LogP contribution in [0.3, 0.4) is 0 Å². The molecule has 0 unspecified atom stereocenters. The van der Waals surface area contributed by atoms with Gasteiger partial charge in [0.1, 0.15) is 10.1 Å². The van der Waals surface area contributed by atoms with Crippen molar-refractivity contribution in [2.75, 3.05) is 20.3 Å². The number of aromatic nitrogens is 2. The van der Waals surface area contributed by atoms with Crippen LogP contribution in [-0.4, -0.2) is 30.2 Å². The van der Waals surface area contributed by atoms with Crippen molar-refractivity contribution < 1.29 is 4.74 Å². The van der Waals surface area contributed by atoms with Gasteiger partial charge in [0.25, 0.3) is 0 Å². The van der Waals surface area contributed by atoms with E-state index >= 15 is 0 Å². The number of nitrogens with one attached hydrogen (secondary N) is 1. The zero-order chi connectivity index (χ0) is 14.2. The van der Waals surface area contributed by atoms with Gasteiger partial charge in [-0.15, -0.1) is 0 Å². The molecular weight excluding hydrogens is 270 g/mol. The quantitative estimate of drug-likeness (QED) is 0.794. The molecule has 2 rings (SSSR count). The van der Waals surface area contributed by atoms with E-state index in [0.717, 1.165) is 29.7 Å². The molecule has 5 heteroatoms. The van der Waals surface area contributed by atoms with E-state index in [0.29, 0.717) is 0 Å².